The molecule has 1 unspecified atom stereocenters. The Morgan fingerprint density at radius 2 is 1.86 bits per heavy atom. The van der Waals surface area contributed by atoms with E-state index < -0.39 is 6.00 Å². The van der Waals surface area contributed by atoms with Gasteiger partial charge in [-0.3, -0.25) is 4.90 Å². The lowest BCUT2D eigenvalue weighted by Gasteiger charge is -2.32. The molecule has 0 aromatic rings. The third kappa shape index (κ3) is 4.64. The number of ether oxygens (including phenoxy) is 4. The summed E-state index contributed by atoms with van der Waals surface area (Å²) in [7, 11) is 11.5. The van der Waals surface area contributed by atoms with Crippen molar-refractivity contribution in [3.63, 3.8) is 0 Å². The van der Waals surface area contributed by atoms with Crippen molar-refractivity contribution in [2.24, 2.45) is 0 Å². The topological polar surface area (TPSA) is 43.4 Å². The summed E-state index contributed by atoms with van der Waals surface area (Å²) in [6.45, 7) is 6.43. The van der Waals surface area contributed by atoms with E-state index in [2.05, 4.69) is 16.8 Å². The van der Waals surface area contributed by atoms with E-state index in [-0.39, 0.29) is 18.3 Å². The van der Waals surface area contributed by atoms with Crippen LogP contribution in [0.4, 0.5) is 0 Å². The third-order valence-electron chi connectivity index (χ3n) is 4.26. The highest BCUT2D eigenvalue weighted by Gasteiger charge is 2.43. The molecule has 0 amide bonds. The van der Waals surface area contributed by atoms with Gasteiger partial charge in [-0.1, -0.05) is 0 Å². The normalized spacial score (nSPS) is 35.4. The number of nitrogens with zero attached hydrogens (tertiary/aromatic N) is 2. The molecule has 0 saturated carbocycles. The Morgan fingerprint density at radius 1 is 1.14 bits per heavy atom. The van der Waals surface area contributed by atoms with Gasteiger partial charge in [-0.25, -0.2) is 0 Å². The van der Waals surface area contributed by atoms with Crippen molar-refractivity contribution in [2.75, 3.05) is 67.2 Å². The molecule has 0 aromatic heterocycles. The molecule has 0 spiro atoms. The summed E-state index contributed by atoms with van der Waals surface area (Å²) >= 11 is 0. The maximum Gasteiger partial charge on any atom is 0.113 e. The summed E-state index contributed by atoms with van der Waals surface area (Å²) in [5.41, 5.74) is 0. The van der Waals surface area contributed by atoms with E-state index >= 15 is 0 Å². The molecule has 4 atom stereocenters. The van der Waals surface area contributed by atoms with Gasteiger partial charge in [0.1, 0.15) is 26.2 Å². The van der Waals surface area contributed by atoms with Gasteiger partial charge < -0.3 is 23.8 Å². The fourth-order valence-electron chi connectivity index (χ4n) is 2.92. The SMILES string of the molecule is [B][C@@H]1O[C@H](COC)C(OC)[C@@H]1OCCN1CCN(C)CC1. The number of hydrogen-bond donors (Lipinski definition) is 0. The van der Waals surface area contributed by atoms with Crippen LogP contribution in [0, 0.1) is 0 Å². The number of piperazine rings is 1. The van der Waals surface area contributed by atoms with Crippen LogP contribution in [0.2, 0.25) is 0 Å². The molecular weight excluding hydrogens is 271 g/mol. The minimum atomic E-state index is -0.456. The van der Waals surface area contributed by atoms with Gasteiger partial charge in [-0.15, -0.1) is 0 Å². The molecule has 2 aliphatic rings. The lowest BCUT2D eigenvalue weighted by Crippen LogP contribution is -2.46. The highest BCUT2D eigenvalue weighted by molar-refractivity contribution is 6.11. The van der Waals surface area contributed by atoms with E-state index in [1.807, 2.05) is 0 Å². The van der Waals surface area contributed by atoms with E-state index in [9.17, 15) is 0 Å². The van der Waals surface area contributed by atoms with Gasteiger partial charge in [0.2, 0.25) is 0 Å². The van der Waals surface area contributed by atoms with Gasteiger partial charge in [-0.2, -0.15) is 0 Å². The molecule has 2 radical (unpaired) electrons. The molecule has 21 heavy (non-hydrogen) atoms. The van der Waals surface area contributed by atoms with Crippen molar-refractivity contribution in [1.29, 1.82) is 0 Å². The van der Waals surface area contributed by atoms with Gasteiger partial charge in [-0.05, 0) is 7.05 Å². The first-order chi connectivity index (χ1) is 10.2. The molecular formula is C14H27BN2O4. The summed E-state index contributed by atoms with van der Waals surface area (Å²) in [6, 6.07) is -0.456. The average Bonchev–Trinajstić information content (AvgIpc) is 2.77. The molecule has 7 heteroatoms. The van der Waals surface area contributed by atoms with E-state index in [1.54, 1.807) is 14.2 Å². The van der Waals surface area contributed by atoms with Crippen molar-refractivity contribution < 1.29 is 18.9 Å². The molecule has 2 saturated heterocycles. The first-order valence-corrected chi connectivity index (χ1v) is 7.61. The number of methoxy groups -OCH3 is 2. The van der Waals surface area contributed by atoms with Crippen LogP contribution in [-0.2, 0) is 18.9 Å². The second kappa shape index (κ2) is 8.46. The predicted molar refractivity (Wildman–Crippen MR) is 80.8 cm³/mol. The summed E-state index contributed by atoms with van der Waals surface area (Å²) in [5, 5.41) is 0. The second-order valence-electron chi connectivity index (χ2n) is 5.78. The van der Waals surface area contributed by atoms with E-state index in [0.717, 1.165) is 32.7 Å². The predicted octanol–water partition coefficient (Wildman–Crippen LogP) is -0.826. The van der Waals surface area contributed by atoms with Crippen LogP contribution >= 0.6 is 0 Å². The lowest BCUT2D eigenvalue weighted by atomic mass is 9.93. The molecule has 0 N–H and O–H groups in total. The zero-order valence-corrected chi connectivity index (χ0v) is 13.4. The minimum Gasteiger partial charge on any atom is -0.382 e. The first-order valence-electron chi connectivity index (χ1n) is 7.61. The summed E-state index contributed by atoms with van der Waals surface area (Å²) in [5.74, 6) is 0. The third-order valence-corrected chi connectivity index (χ3v) is 4.26. The van der Waals surface area contributed by atoms with Crippen molar-refractivity contribution in [3.8, 4) is 0 Å². The van der Waals surface area contributed by atoms with Crippen molar-refractivity contribution in [1.82, 2.24) is 9.80 Å². The Morgan fingerprint density at radius 3 is 2.48 bits per heavy atom. The summed E-state index contributed by atoms with van der Waals surface area (Å²) < 4.78 is 22.2. The van der Waals surface area contributed by atoms with Crippen LogP contribution in [0.25, 0.3) is 0 Å². The Kier molecular flexibility index (Phi) is 6.92. The second-order valence-corrected chi connectivity index (χ2v) is 5.78. The maximum absolute atomic E-state index is 6.00. The van der Waals surface area contributed by atoms with Crippen LogP contribution in [0.1, 0.15) is 0 Å². The maximum atomic E-state index is 6.00. The van der Waals surface area contributed by atoms with Crippen molar-refractivity contribution >= 4 is 7.85 Å². The van der Waals surface area contributed by atoms with Crippen LogP contribution in [-0.4, -0.2) is 109 Å². The molecule has 2 aliphatic heterocycles. The number of likely N-dealkylation sites (N-methyl/N-ethyl adjacent to an activating group) is 1. The fourth-order valence-corrected chi connectivity index (χ4v) is 2.92. The lowest BCUT2D eigenvalue weighted by molar-refractivity contribution is -0.0592. The van der Waals surface area contributed by atoms with Crippen LogP contribution in [0.3, 0.4) is 0 Å². The van der Waals surface area contributed by atoms with Crippen LogP contribution in [0.5, 0.6) is 0 Å². The molecule has 2 fully saturated rings. The highest BCUT2D eigenvalue weighted by Crippen LogP contribution is 2.24. The Bertz CT molecular complexity index is 303. The van der Waals surface area contributed by atoms with E-state index in [1.165, 1.54) is 0 Å². The standard InChI is InChI=1S/C14H27BN2O4/c1-16-4-6-17(7-5-16)8-9-20-13-12(19-3)11(10-18-2)21-14(13)15/h11-14H,4-10H2,1-3H3/t11-,12?,13+,14-/m1/s1. The van der Waals surface area contributed by atoms with Gasteiger partial charge >= 0.3 is 0 Å². The molecule has 120 valence electrons. The Labute approximate surface area is 129 Å². The molecule has 6 nitrogen and oxygen atoms in total. The largest absolute Gasteiger partial charge is 0.382 e. The monoisotopic (exact) mass is 298 g/mol. The van der Waals surface area contributed by atoms with Gasteiger partial charge in [0, 0.05) is 52.9 Å². The van der Waals surface area contributed by atoms with Crippen LogP contribution < -0.4 is 0 Å². The summed E-state index contributed by atoms with van der Waals surface area (Å²) in [4.78, 5) is 4.75. The quantitative estimate of drug-likeness (QED) is 0.572. The van der Waals surface area contributed by atoms with E-state index in [0.29, 0.717) is 13.2 Å². The summed E-state index contributed by atoms with van der Waals surface area (Å²) in [6.07, 6.45) is -0.571. The van der Waals surface area contributed by atoms with E-state index in [4.69, 9.17) is 26.8 Å². The zero-order chi connectivity index (χ0) is 15.2. The van der Waals surface area contributed by atoms with Crippen molar-refractivity contribution in [2.45, 2.75) is 24.3 Å². The Balaban J connectivity index is 1.73. The average molecular weight is 298 g/mol. The number of rotatable bonds is 7. The van der Waals surface area contributed by atoms with Crippen molar-refractivity contribution in [3.05, 3.63) is 0 Å². The minimum absolute atomic E-state index is 0.163. The fraction of sp³-hybridized carbons (Fsp3) is 1.00. The molecule has 0 bridgehead atoms. The Hall–Kier alpha value is -0.175. The molecule has 2 heterocycles. The number of hydrogen-bond acceptors (Lipinski definition) is 6. The molecule has 0 aromatic carbocycles. The molecule has 2 rings (SSSR count). The zero-order valence-electron chi connectivity index (χ0n) is 13.4. The smallest absolute Gasteiger partial charge is 0.113 e. The van der Waals surface area contributed by atoms with Crippen LogP contribution in [0.15, 0.2) is 0 Å². The first kappa shape index (κ1) is 17.2. The highest BCUT2D eigenvalue weighted by atomic mass is 16.6. The van der Waals surface area contributed by atoms with Gasteiger partial charge in [0.05, 0.1) is 13.2 Å². The van der Waals surface area contributed by atoms with Gasteiger partial charge in [0.15, 0.2) is 0 Å². The van der Waals surface area contributed by atoms with Gasteiger partial charge in [0.25, 0.3) is 0 Å². The molecule has 0 aliphatic carbocycles.